The topological polar surface area (TPSA) is 62.2 Å². The summed E-state index contributed by atoms with van der Waals surface area (Å²) in [4.78, 5) is 15.9. The van der Waals surface area contributed by atoms with Crippen LogP contribution in [0.3, 0.4) is 0 Å². The van der Waals surface area contributed by atoms with Gasteiger partial charge in [0.15, 0.2) is 0 Å². The number of nitrogens with zero attached hydrogens (tertiary/aromatic N) is 1. The fraction of sp³-hybridized carbons (Fsp3) is 0.500. The summed E-state index contributed by atoms with van der Waals surface area (Å²) >= 11 is 0. The number of rotatable bonds is 4. The van der Waals surface area contributed by atoms with Gasteiger partial charge in [-0.25, -0.2) is 0 Å². The standard InChI is InChI=1S/C12H18N2O2/c1-4-11(15)7-13-12(16)10-5-8(2)14-9(3)6-10/h5-6,11,15H,4,7H2,1-3H3,(H,13,16)/t11-/m1/s1. The van der Waals surface area contributed by atoms with Crippen LogP contribution in [0, 0.1) is 13.8 Å². The Bertz CT molecular complexity index is 357. The Morgan fingerprint density at radius 2 is 2.00 bits per heavy atom. The van der Waals surface area contributed by atoms with E-state index in [1.54, 1.807) is 12.1 Å². The normalized spacial score (nSPS) is 12.2. The highest BCUT2D eigenvalue weighted by Gasteiger charge is 2.08. The Labute approximate surface area is 95.7 Å². The van der Waals surface area contributed by atoms with E-state index in [-0.39, 0.29) is 12.5 Å². The quantitative estimate of drug-likeness (QED) is 0.804. The minimum Gasteiger partial charge on any atom is -0.391 e. The van der Waals surface area contributed by atoms with Crippen molar-refractivity contribution in [1.82, 2.24) is 10.3 Å². The second kappa shape index (κ2) is 5.61. The van der Waals surface area contributed by atoms with Gasteiger partial charge in [-0.2, -0.15) is 0 Å². The first-order valence-corrected chi connectivity index (χ1v) is 5.44. The molecule has 0 unspecified atom stereocenters. The molecule has 0 radical (unpaired) electrons. The summed E-state index contributed by atoms with van der Waals surface area (Å²) in [7, 11) is 0. The van der Waals surface area contributed by atoms with Gasteiger partial charge in [-0.3, -0.25) is 9.78 Å². The van der Waals surface area contributed by atoms with E-state index in [2.05, 4.69) is 10.3 Å². The minimum atomic E-state index is -0.479. The first-order chi connectivity index (χ1) is 7.52. The maximum Gasteiger partial charge on any atom is 0.251 e. The lowest BCUT2D eigenvalue weighted by Gasteiger charge is -2.10. The number of carbonyl (C=O) groups is 1. The summed E-state index contributed by atoms with van der Waals surface area (Å²) in [6.45, 7) is 5.86. The van der Waals surface area contributed by atoms with Crippen LogP contribution < -0.4 is 5.32 Å². The van der Waals surface area contributed by atoms with Crippen molar-refractivity contribution in [3.05, 3.63) is 29.1 Å². The average molecular weight is 222 g/mol. The molecule has 0 aliphatic rings. The third-order valence-corrected chi connectivity index (χ3v) is 2.31. The van der Waals surface area contributed by atoms with Crippen LogP contribution in [0.15, 0.2) is 12.1 Å². The van der Waals surface area contributed by atoms with Crippen LogP contribution in [-0.2, 0) is 0 Å². The molecule has 0 bridgehead atoms. The lowest BCUT2D eigenvalue weighted by atomic mass is 10.2. The zero-order chi connectivity index (χ0) is 12.1. The molecule has 1 rings (SSSR count). The van der Waals surface area contributed by atoms with Gasteiger partial charge < -0.3 is 10.4 Å². The van der Waals surface area contributed by atoms with E-state index in [0.29, 0.717) is 12.0 Å². The number of aromatic nitrogens is 1. The maximum atomic E-state index is 11.7. The van der Waals surface area contributed by atoms with Gasteiger partial charge in [-0.15, -0.1) is 0 Å². The van der Waals surface area contributed by atoms with Gasteiger partial charge in [0.05, 0.1) is 6.10 Å². The lowest BCUT2D eigenvalue weighted by molar-refractivity contribution is 0.0913. The summed E-state index contributed by atoms with van der Waals surface area (Å²) in [5, 5.41) is 12.0. The molecule has 1 atom stereocenters. The SMILES string of the molecule is CC[C@@H](O)CNC(=O)c1cc(C)nc(C)c1. The van der Waals surface area contributed by atoms with Crippen molar-refractivity contribution in [3.8, 4) is 0 Å². The second-order valence-corrected chi connectivity index (χ2v) is 3.91. The summed E-state index contributed by atoms with van der Waals surface area (Å²) < 4.78 is 0. The van der Waals surface area contributed by atoms with Crippen LogP contribution in [0.5, 0.6) is 0 Å². The van der Waals surface area contributed by atoms with Gasteiger partial charge >= 0.3 is 0 Å². The van der Waals surface area contributed by atoms with Crippen molar-refractivity contribution in [2.45, 2.75) is 33.3 Å². The molecule has 2 N–H and O–H groups in total. The lowest BCUT2D eigenvalue weighted by Crippen LogP contribution is -2.31. The number of hydrogen-bond donors (Lipinski definition) is 2. The minimum absolute atomic E-state index is 0.166. The van der Waals surface area contributed by atoms with Gasteiger partial charge in [0, 0.05) is 23.5 Å². The van der Waals surface area contributed by atoms with E-state index in [1.165, 1.54) is 0 Å². The van der Waals surface area contributed by atoms with Crippen molar-refractivity contribution in [1.29, 1.82) is 0 Å². The molecule has 16 heavy (non-hydrogen) atoms. The number of aliphatic hydroxyl groups excluding tert-OH is 1. The van der Waals surface area contributed by atoms with E-state index in [4.69, 9.17) is 0 Å². The smallest absolute Gasteiger partial charge is 0.251 e. The molecule has 1 aromatic heterocycles. The molecular formula is C12H18N2O2. The predicted molar refractivity (Wildman–Crippen MR) is 62.3 cm³/mol. The maximum absolute atomic E-state index is 11.7. The number of aryl methyl sites for hydroxylation is 2. The van der Waals surface area contributed by atoms with Gasteiger partial charge in [0.25, 0.3) is 5.91 Å². The number of amides is 1. The summed E-state index contributed by atoms with van der Waals surface area (Å²) in [5.74, 6) is -0.166. The Kier molecular flexibility index (Phi) is 4.43. The average Bonchev–Trinajstić information content (AvgIpc) is 2.23. The van der Waals surface area contributed by atoms with Crippen molar-refractivity contribution in [2.24, 2.45) is 0 Å². The Morgan fingerprint density at radius 1 is 1.44 bits per heavy atom. The Morgan fingerprint density at radius 3 is 2.50 bits per heavy atom. The number of aliphatic hydroxyl groups is 1. The summed E-state index contributed by atoms with van der Waals surface area (Å²) in [6.07, 6.45) is 0.155. The highest BCUT2D eigenvalue weighted by atomic mass is 16.3. The number of nitrogens with one attached hydrogen (secondary N) is 1. The van der Waals surface area contributed by atoms with E-state index in [0.717, 1.165) is 11.4 Å². The molecule has 1 amide bonds. The third kappa shape index (κ3) is 3.62. The third-order valence-electron chi connectivity index (χ3n) is 2.31. The largest absolute Gasteiger partial charge is 0.391 e. The van der Waals surface area contributed by atoms with E-state index in [9.17, 15) is 9.90 Å². The fourth-order valence-electron chi connectivity index (χ4n) is 1.42. The zero-order valence-electron chi connectivity index (χ0n) is 9.95. The molecule has 88 valence electrons. The molecule has 1 heterocycles. The molecule has 1 aromatic rings. The Hall–Kier alpha value is -1.42. The molecule has 0 aromatic carbocycles. The highest BCUT2D eigenvalue weighted by molar-refractivity contribution is 5.94. The van der Waals surface area contributed by atoms with Crippen LogP contribution in [-0.4, -0.2) is 28.6 Å². The molecule has 0 saturated carbocycles. The fourth-order valence-corrected chi connectivity index (χ4v) is 1.42. The predicted octanol–water partition coefficient (Wildman–Crippen LogP) is 1.20. The first-order valence-electron chi connectivity index (χ1n) is 5.44. The van der Waals surface area contributed by atoms with Crippen LogP contribution >= 0.6 is 0 Å². The summed E-state index contributed by atoms with van der Waals surface area (Å²) in [5.41, 5.74) is 2.23. The summed E-state index contributed by atoms with van der Waals surface area (Å²) in [6, 6.07) is 3.47. The molecular weight excluding hydrogens is 204 g/mol. The molecule has 4 heteroatoms. The van der Waals surface area contributed by atoms with Crippen LogP contribution in [0.25, 0.3) is 0 Å². The molecule has 0 aliphatic heterocycles. The van der Waals surface area contributed by atoms with E-state index in [1.807, 2.05) is 20.8 Å². The molecule has 0 aliphatic carbocycles. The number of carbonyl (C=O) groups excluding carboxylic acids is 1. The molecule has 0 spiro atoms. The van der Waals surface area contributed by atoms with E-state index < -0.39 is 6.10 Å². The molecule has 0 fully saturated rings. The van der Waals surface area contributed by atoms with Crippen molar-refractivity contribution < 1.29 is 9.90 Å². The van der Waals surface area contributed by atoms with Gasteiger partial charge in [-0.1, -0.05) is 6.92 Å². The Balaban J connectivity index is 2.66. The van der Waals surface area contributed by atoms with Gasteiger partial charge in [-0.05, 0) is 32.4 Å². The zero-order valence-corrected chi connectivity index (χ0v) is 9.95. The monoisotopic (exact) mass is 222 g/mol. The molecule has 0 saturated heterocycles. The second-order valence-electron chi connectivity index (χ2n) is 3.91. The van der Waals surface area contributed by atoms with Gasteiger partial charge in [0.1, 0.15) is 0 Å². The first kappa shape index (κ1) is 12.6. The van der Waals surface area contributed by atoms with E-state index >= 15 is 0 Å². The molecule has 4 nitrogen and oxygen atoms in total. The van der Waals surface area contributed by atoms with Crippen LogP contribution in [0.2, 0.25) is 0 Å². The van der Waals surface area contributed by atoms with Crippen molar-refractivity contribution in [3.63, 3.8) is 0 Å². The van der Waals surface area contributed by atoms with Gasteiger partial charge in [0.2, 0.25) is 0 Å². The van der Waals surface area contributed by atoms with Crippen molar-refractivity contribution in [2.75, 3.05) is 6.54 Å². The van der Waals surface area contributed by atoms with Crippen LogP contribution in [0.1, 0.15) is 35.1 Å². The number of hydrogen-bond acceptors (Lipinski definition) is 3. The van der Waals surface area contributed by atoms with Crippen molar-refractivity contribution >= 4 is 5.91 Å². The highest BCUT2D eigenvalue weighted by Crippen LogP contribution is 2.04. The number of pyridine rings is 1. The van der Waals surface area contributed by atoms with Crippen LogP contribution in [0.4, 0.5) is 0 Å².